The summed E-state index contributed by atoms with van der Waals surface area (Å²) in [6.45, 7) is 5.87. The fourth-order valence-corrected chi connectivity index (χ4v) is 3.96. The van der Waals surface area contributed by atoms with Gasteiger partial charge in [0.25, 0.3) is 11.5 Å². The molecular formula is C27H26BrN5O4. The summed E-state index contributed by atoms with van der Waals surface area (Å²) in [6, 6.07) is 16.2. The lowest BCUT2D eigenvalue weighted by Gasteiger charge is -2.19. The second kappa shape index (κ2) is 10.5. The van der Waals surface area contributed by atoms with Gasteiger partial charge in [0.15, 0.2) is 0 Å². The van der Waals surface area contributed by atoms with Crippen molar-refractivity contribution in [2.45, 2.75) is 32.7 Å². The quantitative estimate of drug-likeness (QED) is 0.316. The normalized spacial score (nSPS) is 11.3. The van der Waals surface area contributed by atoms with Gasteiger partial charge in [-0.05, 0) is 53.4 Å². The highest BCUT2D eigenvalue weighted by molar-refractivity contribution is 9.10. The van der Waals surface area contributed by atoms with Crippen LogP contribution in [0, 0.1) is 0 Å². The number of anilines is 3. The molecule has 0 fully saturated rings. The number of hydrogen-bond acceptors (Lipinski definition) is 7. The van der Waals surface area contributed by atoms with E-state index in [2.05, 4.69) is 57.3 Å². The molecule has 2 heterocycles. The molecule has 0 aliphatic carbocycles. The Balaban J connectivity index is 1.77. The SMILES string of the molecule is COC(=O)Cn1c(=O)c(NC(=O)c2ccc(C(C)(C)C)cc2)cc2c(Nc3ccc(Br)cc3)ncnc21. The zero-order chi connectivity index (χ0) is 26.7. The summed E-state index contributed by atoms with van der Waals surface area (Å²) in [7, 11) is 1.23. The van der Waals surface area contributed by atoms with E-state index in [1.54, 1.807) is 12.1 Å². The van der Waals surface area contributed by atoms with Crippen molar-refractivity contribution in [3.8, 4) is 0 Å². The van der Waals surface area contributed by atoms with Crippen molar-refractivity contribution in [1.82, 2.24) is 14.5 Å². The van der Waals surface area contributed by atoms with E-state index in [-0.39, 0.29) is 23.3 Å². The fraction of sp³-hybridized carbons (Fsp3) is 0.222. The zero-order valence-corrected chi connectivity index (χ0v) is 22.4. The summed E-state index contributed by atoms with van der Waals surface area (Å²) in [5, 5.41) is 6.33. The van der Waals surface area contributed by atoms with Gasteiger partial charge in [-0.3, -0.25) is 19.0 Å². The number of pyridine rings is 1. The molecule has 0 bridgehead atoms. The highest BCUT2D eigenvalue weighted by Crippen LogP contribution is 2.26. The molecule has 9 nitrogen and oxygen atoms in total. The van der Waals surface area contributed by atoms with E-state index in [9.17, 15) is 14.4 Å². The summed E-state index contributed by atoms with van der Waals surface area (Å²) < 4.78 is 6.85. The lowest BCUT2D eigenvalue weighted by molar-refractivity contribution is -0.141. The summed E-state index contributed by atoms with van der Waals surface area (Å²) in [5.74, 6) is -0.692. The van der Waals surface area contributed by atoms with Gasteiger partial charge < -0.3 is 15.4 Å². The third-order valence-electron chi connectivity index (χ3n) is 5.77. The van der Waals surface area contributed by atoms with Gasteiger partial charge in [-0.1, -0.05) is 48.8 Å². The van der Waals surface area contributed by atoms with Gasteiger partial charge in [-0.2, -0.15) is 0 Å². The minimum atomic E-state index is -0.634. The topological polar surface area (TPSA) is 115 Å². The smallest absolute Gasteiger partial charge is 0.325 e. The number of ether oxygens (including phenoxy) is 1. The summed E-state index contributed by atoms with van der Waals surface area (Å²) in [6.07, 6.45) is 1.30. The van der Waals surface area contributed by atoms with Crippen LogP contribution in [0.3, 0.4) is 0 Å². The van der Waals surface area contributed by atoms with Crippen molar-refractivity contribution in [1.29, 1.82) is 0 Å². The Morgan fingerprint density at radius 1 is 1.03 bits per heavy atom. The molecule has 0 aliphatic heterocycles. The van der Waals surface area contributed by atoms with Gasteiger partial charge in [0.1, 0.15) is 30.0 Å². The highest BCUT2D eigenvalue weighted by Gasteiger charge is 2.19. The lowest BCUT2D eigenvalue weighted by Crippen LogP contribution is -2.29. The van der Waals surface area contributed by atoms with Gasteiger partial charge >= 0.3 is 5.97 Å². The Hall–Kier alpha value is -4.05. The molecule has 0 spiro atoms. The molecule has 0 unspecified atom stereocenters. The molecule has 0 atom stereocenters. The molecule has 4 rings (SSSR count). The van der Waals surface area contributed by atoms with Crippen LogP contribution in [0.25, 0.3) is 11.0 Å². The van der Waals surface area contributed by atoms with Crippen molar-refractivity contribution in [2.24, 2.45) is 0 Å². The molecule has 190 valence electrons. The van der Waals surface area contributed by atoms with Crippen LogP contribution in [0.4, 0.5) is 17.2 Å². The molecule has 2 aromatic heterocycles. The van der Waals surface area contributed by atoms with E-state index >= 15 is 0 Å². The van der Waals surface area contributed by atoms with Crippen molar-refractivity contribution in [3.63, 3.8) is 0 Å². The lowest BCUT2D eigenvalue weighted by atomic mass is 9.87. The molecule has 37 heavy (non-hydrogen) atoms. The first kappa shape index (κ1) is 26.0. The number of aromatic nitrogens is 3. The van der Waals surface area contributed by atoms with Gasteiger partial charge in [0.05, 0.1) is 12.5 Å². The van der Waals surface area contributed by atoms with Gasteiger partial charge in [0, 0.05) is 15.7 Å². The third-order valence-corrected chi connectivity index (χ3v) is 6.29. The molecule has 0 saturated carbocycles. The maximum atomic E-state index is 13.3. The van der Waals surface area contributed by atoms with Crippen LogP contribution in [0.5, 0.6) is 0 Å². The van der Waals surface area contributed by atoms with Crippen molar-refractivity contribution >= 4 is 56.0 Å². The second-order valence-corrected chi connectivity index (χ2v) is 10.3. The number of methoxy groups -OCH3 is 1. The van der Waals surface area contributed by atoms with E-state index in [1.165, 1.54) is 19.5 Å². The van der Waals surface area contributed by atoms with Crippen LogP contribution in [-0.4, -0.2) is 33.5 Å². The molecule has 10 heteroatoms. The summed E-state index contributed by atoms with van der Waals surface area (Å²) in [5.41, 5.74) is 1.77. The number of carbonyl (C=O) groups is 2. The Morgan fingerprint density at radius 2 is 1.70 bits per heavy atom. The van der Waals surface area contributed by atoms with Crippen molar-refractivity contribution in [2.75, 3.05) is 17.7 Å². The Kier molecular flexibility index (Phi) is 7.40. The van der Waals surface area contributed by atoms with Crippen LogP contribution in [0.15, 0.2) is 70.2 Å². The number of amides is 1. The average Bonchev–Trinajstić information content (AvgIpc) is 2.87. The first-order valence-corrected chi connectivity index (χ1v) is 12.3. The first-order chi connectivity index (χ1) is 17.6. The predicted molar refractivity (Wildman–Crippen MR) is 146 cm³/mol. The Morgan fingerprint density at radius 3 is 2.32 bits per heavy atom. The second-order valence-electron chi connectivity index (χ2n) is 9.40. The van der Waals surface area contributed by atoms with Crippen molar-refractivity contribution in [3.05, 3.63) is 86.9 Å². The molecule has 2 N–H and O–H groups in total. The van der Waals surface area contributed by atoms with Gasteiger partial charge in [-0.15, -0.1) is 0 Å². The molecule has 4 aromatic rings. The van der Waals surface area contributed by atoms with Gasteiger partial charge in [-0.25, -0.2) is 9.97 Å². The third kappa shape index (κ3) is 5.86. The number of fused-ring (bicyclic) bond motifs is 1. The van der Waals surface area contributed by atoms with E-state index in [4.69, 9.17) is 4.74 Å². The van der Waals surface area contributed by atoms with Crippen molar-refractivity contribution < 1.29 is 14.3 Å². The largest absolute Gasteiger partial charge is 0.468 e. The number of esters is 1. The molecule has 0 saturated heterocycles. The minimum absolute atomic E-state index is 0.0186. The van der Waals surface area contributed by atoms with E-state index in [1.807, 2.05) is 36.4 Å². The van der Waals surface area contributed by atoms with Crippen LogP contribution in [0.1, 0.15) is 36.7 Å². The number of hydrogen-bond donors (Lipinski definition) is 2. The molecular weight excluding hydrogens is 538 g/mol. The van der Waals surface area contributed by atoms with E-state index in [0.717, 1.165) is 20.3 Å². The molecule has 1 amide bonds. The highest BCUT2D eigenvalue weighted by atomic mass is 79.9. The van der Waals surface area contributed by atoms with Crippen LogP contribution < -0.4 is 16.2 Å². The summed E-state index contributed by atoms with van der Waals surface area (Å²) in [4.78, 5) is 47.1. The van der Waals surface area contributed by atoms with E-state index in [0.29, 0.717) is 16.8 Å². The average molecular weight is 564 g/mol. The number of halogens is 1. The molecule has 0 radical (unpaired) electrons. The predicted octanol–water partition coefficient (Wildman–Crippen LogP) is 5.02. The Labute approximate surface area is 222 Å². The first-order valence-electron chi connectivity index (χ1n) is 11.5. The van der Waals surface area contributed by atoms with Crippen LogP contribution in [-0.2, 0) is 21.5 Å². The molecule has 2 aromatic carbocycles. The standard InChI is InChI=1S/C27H26BrN5O4/c1-27(2,3)17-7-5-16(6-8-17)25(35)32-21-13-20-23(31-19-11-9-18(28)10-12-19)29-15-30-24(20)33(26(21)36)14-22(34)37-4/h5-13,15H,14H2,1-4H3,(H,32,35)(H,29,30,31). The number of nitrogens with one attached hydrogen (secondary N) is 2. The fourth-order valence-electron chi connectivity index (χ4n) is 3.70. The molecule has 0 aliphatic rings. The number of rotatable bonds is 6. The van der Waals surface area contributed by atoms with Gasteiger partial charge in [0.2, 0.25) is 0 Å². The maximum absolute atomic E-state index is 13.3. The van der Waals surface area contributed by atoms with Crippen LogP contribution >= 0.6 is 15.9 Å². The zero-order valence-electron chi connectivity index (χ0n) is 20.8. The number of nitrogens with zero attached hydrogens (tertiary/aromatic N) is 3. The number of carbonyl (C=O) groups excluding carboxylic acids is 2. The van der Waals surface area contributed by atoms with E-state index < -0.39 is 17.4 Å². The monoisotopic (exact) mass is 563 g/mol. The minimum Gasteiger partial charge on any atom is -0.468 e. The Bertz CT molecular complexity index is 1520. The number of benzene rings is 2. The maximum Gasteiger partial charge on any atom is 0.325 e. The summed E-state index contributed by atoms with van der Waals surface area (Å²) >= 11 is 3.41. The van der Waals surface area contributed by atoms with Crippen LogP contribution in [0.2, 0.25) is 0 Å².